The molecule has 1 saturated heterocycles. The van der Waals surface area contributed by atoms with E-state index in [4.69, 9.17) is 0 Å². The van der Waals surface area contributed by atoms with Gasteiger partial charge >= 0.3 is 12.0 Å². The lowest BCUT2D eigenvalue weighted by atomic mass is 9.95. The summed E-state index contributed by atoms with van der Waals surface area (Å²) in [4.78, 5) is 66.7. The first kappa shape index (κ1) is 30.2. The minimum atomic E-state index is -1.36. The van der Waals surface area contributed by atoms with Crippen LogP contribution in [-0.2, 0) is 14.4 Å². The molecule has 4 N–H and O–H groups in total. The molecule has 41 heavy (non-hydrogen) atoms. The molecule has 1 unspecified atom stereocenters. The van der Waals surface area contributed by atoms with E-state index in [9.17, 15) is 33.5 Å². The number of carboxylic acids is 1. The Morgan fingerprint density at radius 3 is 2.49 bits per heavy atom. The Morgan fingerprint density at radius 1 is 1.07 bits per heavy atom. The van der Waals surface area contributed by atoms with Crippen LogP contribution in [0.1, 0.15) is 75.6 Å². The quantitative estimate of drug-likeness (QED) is 0.305. The number of aliphatic carboxylic acids is 1. The number of nitrogens with one attached hydrogen (secondary N) is 3. The van der Waals surface area contributed by atoms with Gasteiger partial charge in [0.1, 0.15) is 23.4 Å². The van der Waals surface area contributed by atoms with Crippen molar-refractivity contribution in [3.63, 3.8) is 0 Å². The van der Waals surface area contributed by atoms with Crippen molar-refractivity contribution in [2.24, 2.45) is 11.8 Å². The number of carbonyl (C=O) groups excluding carboxylic acids is 4. The highest BCUT2D eigenvalue weighted by Crippen LogP contribution is 2.45. The maximum Gasteiger partial charge on any atom is 0.330 e. The number of nitrogens with zero attached hydrogens (tertiary/aromatic N) is 1. The number of ketones is 1. The van der Waals surface area contributed by atoms with Crippen LogP contribution >= 0.6 is 0 Å². The van der Waals surface area contributed by atoms with Crippen molar-refractivity contribution in [1.29, 1.82) is 0 Å². The highest BCUT2D eigenvalue weighted by atomic mass is 19.1. The molecule has 11 heteroatoms. The molecule has 0 aromatic heterocycles. The molecule has 5 atom stereocenters. The zero-order valence-electron chi connectivity index (χ0n) is 23.5. The molecule has 0 bridgehead atoms. The fourth-order valence-electron chi connectivity index (χ4n) is 5.74. The average molecular weight is 571 g/mol. The lowest BCUT2D eigenvalue weighted by Crippen LogP contribution is -2.58. The van der Waals surface area contributed by atoms with E-state index in [0.717, 1.165) is 19.3 Å². The molecule has 1 aromatic carbocycles. The normalized spacial score (nSPS) is 28.3. The van der Waals surface area contributed by atoms with Crippen molar-refractivity contribution < 1.29 is 33.5 Å². The number of fused-ring (bicyclic) bond motifs is 2. The number of carboxylic acid groups (broad SMARTS) is 1. The molecular formula is C30H39FN4O6. The van der Waals surface area contributed by atoms with Crippen LogP contribution in [-0.4, -0.2) is 69.8 Å². The second-order valence-electron chi connectivity index (χ2n) is 11.6. The first-order chi connectivity index (χ1) is 19.5. The molecule has 0 radical (unpaired) electrons. The van der Waals surface area contributed by atoms with Crippen molar-refractivity contribution in [2.45, 2.75) is 88.9 Å². The van der Waals surface area contributed by atoms with Crippen LogP contribution in [0.4, 0.5) is 9.18 Å². The lowest BCUT2D eigenvalue weighted by Gasteiger charge is -2.30. The summed E-state index contributed by atoms with van der Waals surface area (Å²) in [5, 5.41) is 18.0. The number of urea groups is 1. The van der Waals surface area contributed by atoms with Crippen LogP contribution in [0, 0.1) is 17.7 Å². The van der Waals surface area contributed by atoms with Crippen LogP contribution in [0.3, 0.4) is 0 Å². The summed E-state index contributed by atoms with van der Waals surface area (Å²) >= 11 is 0. The van der Waals surface area contributed by atoms with E-state index in [1.165, 1.54) is 29.2 Å². The van der Waals surface area contributed by atoms with Gasteiger partial charge in [-0.15, -0.1) is 0 Å². The van der Waals surface area contributed by atoms with Crippen LogP contribution in [0.25, 0.3) is 0 Å². The van der Waals surface area contributed by atoms with Gasteiger partial charge in [0.05, 0.1) is 6.04 Å². The monoisotopic (exact) mass is 570 g/mol. The molecule has 1 aromatic rings. The van der Waals surface area contributed by atoms with Crippen molar-refractivity contribution in [1.82, 2.24) is 20.9 Å². The Morgan fingerprint density at radius 2 is 1.80 bits per heavy atom. The van der Waals surface area contributed by atoms with Gasteiger partial charge < -0.3 is 26.0 Å². The third-order valence-corrected chi connectivity index (χ3v) is 8.28. The molecule has 222 valence electrons. The molecular weight excluding hydrogens is 531 g/mol. The SMILES string of the molecule is CC(C)[C@H](NC(=O)N[C@H]1CCCCC/C=C\C2C[C@@]2(C(=O)O)NC(=O)[C@@H]2CCCN2C1=O)C(=O)c1ccc(F)cc1. The van der Waals surface area contributed by atoms with Gasteiger partial charge in [-0.3, -0.25) is 14.4 Å². The van der Waals surface area contributed by atoms with E-state index in [2.05, 4.69) is 16.0 Å². The van der Waals surface area contributed by atoms with Crippen molar-refractivity contribution in [3.8, 4) is 0 Å². The number of benzene rings is 1. The second-order valence-corrected chi connectivity index (χ2v) is 11.6. The summed E-state index contributed by atoms with van der Waals surface area (Å²) in [6.45, 7) is 3.87. The lowest BCUT2D eigenvalue weighted by molar-refractivity contribution is -0.145. The van der Waals surface area contributed by atoms with Crippen molar-refractivity contribution >= 4 is 29.6 Å². The van der Waals surface area contributed by atoms with Gasteiger partial charge in [0, 0.05) is 18.0 Å². The van der Waals surface area contributed by atoms with Crippen molar-refractivity contribution in [2.75, 3.05) is 6.54 Å². The molecule has 2 fully saturated rings. The Balaban J connectivity index is 1.49. The Hall–Kier alpha value is -3.76. The van der Waals surface area contributed by atoms with E-state index >= 15 is 0 Å². The Kier molecular flexibility index (Phi) is 9.45. The Labute approximate surface area is 239 Å². The predicted octanol–water partition coefficient (Wildman–Crippen LogP) is 3.17. The summed E-state index contributed by atoms with van der Waals surface area (Å²) in [5.41, 5.74) is -1.10. The number of carbonyl (C=O) groups is 5. The molecule has 2 heterocycles. The van der Waals surface area contributed by atoms with E-state index in [1.807, 2.05) is 12.2 Å². The minimum absolute atomic E-state index is 0.257. The molecule has 10 nitrogen and oxygen atoms in total. The molecule has 4 rings (SSSR count). The topological polar surface area (TPSA) is 145 Å². The van der Waals surface area contributed by atoms with Gasteiger partial charge in [-0.1, -0.05) is 38.8 Å². The molecule has 1 saturated carbocycles. The summed E-state index contributed by atoms with van der Waals surface area (Å²) in [6, 6.07) is 1.73. The van der Waals surface area contributed by atoms with Crippen LogP contribution in [0.2, 0.25) is 0 Å². The predicted molar refractivity (Wildman–Crippen MR) is 148 cm³/mol. The number of rotatable bonds is 6. The number of halogens is 1. The van der Waals surface area contributed by atoms with Crippen LogP contribution in [0.5, 0.6) is 0 Å². The van der Waals surface area contributed by atoms with Gasteiger partial charge in [0.25, 0.3) is 0 Å². The van der Waals surface area contributed by atoms with E-state index in [1.54, 1.807) is 13.8 Å². The first-order valence-corrected chi connectivity index (χ1v) is 14.4. The largest absolute Gasteiger partial charge is 0.479 e. The molecule has 4 amide bonds. The van der Waals surface area contributed by atoms with Crippen molar-refractivity contribution in [3.05, 3.63) is 47.8 Å². The molecule has 1 aliphatic carbocycles. The van der Waals surface area contributed by atoms with E-state index in [-0.39, 0.29) is 23.2 Å². The van der Waals surface area contributed by atoms with Gasteiger partial charge in [-0.25, -0.2) is 14.0 Å². The smallest absolute Gasteiger partial charge is 0.330 e. The molecule has 3 aliphatic rings. The average Bonchev–Trinajstić information content (AvgIpc) is 3.40. The first-order valence-electron chi connectivity index (χ1n) is 14.4. The maximum absolute atomic E-state index is 13.7. The molecule has 0 spiro atoms. The fraction of sp³-hybridized carbons (Fsp3) is 0.567. The summed E-state index contributed by atoms with van der Waals surface area (Å²) in [5.74, 6) is -3.43. The highest BCUT2D eigenvalue weighted by Gasteiger charge is 2.61. The summed E-state index contributed by atoms with van der Waals surface area (Å²) < 4.78 is 13.4. The second kappa shape index (κ2) is 12.8. The van der Waals surface area contributed by atoms with Gasteiger partial charge in [0.15, 0.2) is 5.78 Å². The van der Waals surface area contributed by atoms with Gasteiger partial charge in [-0.05, 0) is 68.7 Å². The Bertz CT molecular complexity index is 1200. The molecule has 2 aliphatic heterocycles. The maximum atomic E-state index is 13.7. The third kappa shape index (κ3) is 6.94. The number of Topliss-reactive ketones (excluding diaryl/α,β-unsaturated/α-hetero) is 1. The zero-order valence-corrected chi connectivity index (χ0v) is 23.5. The number of hydrogen-bond donors (Lipinski definition) is 4. The van der Waals surface area contributed by atoms with E-state index in [0.29, 0.717) is 38.6 Å². The zero-order chi connectivity index (χ0) is 29.7. The van der Waals surface area contributed by atoms with Crippen LogP contribution < -0.4 is 16.0 Å². The van der Waals surface area contributed by atoms with E-state index < -0.39 is 53.3 Å². The number of hydrogen-bond acceptors (Lipinski definition) is 5. The van der Waals surface area contributed by atoms with Gasteiger partial charge in [-0.2, -0.15) is 0 Å². The minimum Gasteiger partial charge on any atom is -0.479 e. The number of amides is 4. The summed E-state index contributed by atoms with van der Waals surface area (Å²) in [6.07, 6.45) is 8.45. The highest BCUT2D eigenvalue weighted by molar-refractivity contribution is 6.02. The number of allylic oxidation sites excluding steroid dienone is 1. The third-order valence-electron chi connectivity index (χ3n) is 8.28. The van der Waals surface area contributed by atoms with Gasteiger partial charge in [0.2, 0.25) is 11.8 Å². The van der Waals surface area contributed by atoms with Crippen LogP contribution in [0.15, 0.2) is 36.4 Å². The standard InChI is InChI=1S/C30H39FN4O6/c1-18(2)24(25(36)19-12-14-21(31)15-13-19)33-29(41)32-22-10-7-5-3-4-6-9-20-17-30(20,28(39)40)34-26(37)23-11-8-16-35(23)27(22)38/h6,9,12-15,18,20,22-24H,3-5,7-8,10-11,16-17H2,1-2H3,(H,34,37)(H,39,40)(H2,32,33,41)/b9-6-/t20?,22-,23-,24-,30+/m0/s1. The summed E-state index contributed by atoms with van der Waals surface area (Å²) in [7, 11) is 0. The fourth-order valence-corrected chi connectivity index (χ4v) is 5.74.